The van der Waals surface area contributed by atoms with E-state index in [4.69, 9.17) is 9.47 Å². The van der Waals surface area contributed by atoms with Crippen molar-refractivity contribution >= 4 is 5.91 Å². The van der Waals surface area contributed by atoms with Crippen LogP contribution in [-0.2, 0) is 11.2 Å². The lowest BCUT2D eigenvalue weighted by molar-refractivity contribution is -0.00317. The Labute approximate surface area is 148 Å². The second-order valence-corrected chi connectivity index (χ2v) is 6.34. The number of pyridine rings is 1. The second-order valence-electron chi connectivity index (χ2n) is 6.34. The third-order valence-corrected chi connectivity index (χ3v) is 4.80. The fourth-order valence-corrected chi connectivity index (χ4v) is 3.42. The molecule has 0 bridgehead atoms. The summed E-state index contributed by atoms with van der Waals surface area (Å²) in [4.78, 5) is 18.8. The molecule has 1 fully saturated rings. The number of ether oxygens (including phenoxy) is 2. The molecule has 0 radical (unpaired) electrons. The molecule has 1 aliphatic rings. The lowest BCUT2D eigenvalue weighted by atomic mass is 9.88. The fourth-order valence-electron chi connectivity index (χ4n) is 3.42. The first-order chi connectivity index (χ1) is 12.2. The van der Waals surface area contributed by atoms with E-state index < -0.39 is 0 Å². The maximum absolute atomic E-state index is 12.7. The quantitative estimate of drug-likeness (QED) is 0.840. The Bertz CT molecular complexity index is 688. The van der Waals surface area contributed by atoms with E-state index in [-0.39, 0.29) is 17.9 Å². The molecule has 5 heteroatoms. The number of rotatable bonds is 5. The van der Waals surface area contributed by atoms with Gasteiger partial charge in [-0.3, -0.25) is 9.78 Å². The van der Waals surface area contributed by atoms with Gasteiger partial charge in [-0.2, -0.15) is 0 Å². The molecular weight excluding hydrogens is 316 g/mol. The average Bonchev–Trinajstić information content (AvgIpc) is 2.68. The van der Waals surface area contributed by atoms with Crippen LogP contribution < -0.4 is 4.74 Å². The molecule has 2 heterocycles. The molecule has 1 aromatic heterocycles. The minimum absolute atomic E-state index is 0.00474. The Morgan fingerprint density at radius 3 is 2.64 bits per heavy atom. The summed E-state index contributed by atoms with van der Waals surface area (Å²) in [6.07, 6.45) is 3.53. The van der Waals surface area contributed by atoms with Gasteiger partial charge in [-0.25, -0.2) is 0 Å². The van der Waals surface area contributed by atoms with Gasteiger partial charge in [0.05, 0.1) is 13.2 Å². The van der Waals surface area contributed by atoms with Crippen LogP contribution in [0, 0.1) is 5.92 Å². The van der Waals surface area contributed by atoms with Crippen molar-refractivity contribution in [3.8, 4) is 5.75 Å². The topological polar surface area (TPSA) is 51.7 Å². The summed E-state index contributed by atoms with van der Waals surface area (Å²) in [5, 5.41) is 0. The number of methoxy groups -OCH3 is 2. The zero-order valence-electron chi connectivity index (χ0n) is 14.7. The highest BCUT2D eigenvalue weighted by molar-refractivity contribution is 5.92. The van der Waals surface area contributed by atoms with E-state index >= 15 is 0 Å². The number of amides is 1. The van der Waals surface area contributed by atoms with Crippen molar-refractivity contribution in [1.29, 1.82) is 0 Å². The first-order valence-corrected chi connectivity index (χ1v) is 8.57. The molecule has 0 spiro atoms. The van der Waals surface area contributed by atoms with Crippen LogP contribution in [0.3, 0.4) is 0 Å². The van der Waals surface area contributed by atoms with Crippen molar-refractivity contribution in [2.75, 3.05) is 27.3 Å². The van der Waals surface area contributed by atoms with Crippen LogP contribution in [0.1, 0.15) is 22.5 Å². The number of hydrogen-bond donors (Lipinski definition) is 0. The first kappa shape index (κ1) is 17.4. The van der Waals surface area contributed by atoms with Gasteiger partial charge in [-0.05, 0) is 42.7 Å². The Balaban J connectivity index is 1.70. The van der Waals surface area contributed by atoms with Gasteiger partial charge < -0.3 is 14.4 Å². The summed E-state index contributed by atoms with van der Waals surface area (Å²) in [6.45, 7) is 1.38. The van der Waals surface area contributed by atoms with Crippen LogP contribution >= 0.6 is 0 Å². The number of aromatic nitrogens is 1. The highest BCUT2D eigenvalue weighted by Crippen LogP contribution is 2.25. The molecule has 1 amide bonds. The van der Waals surface area contributed by atoms with E-state index in [1.54, 1.807) is 26.5 Å². The van der Waals surface area contributed by atoms with Crippen molar-refractivity contribution in [3.63, 3.8) is 0 Å². The Hall–Kier alpha value is -2.40. The van der Waals surface area contributed by atoms with Crippen LogP contribution in [0.25, 0.3) is 0 Å². The summed E-state index contributed by atoms with van der Waals surface area (Å²) < 4.78 is 10.9. The van der Waals surface area contributed by atoms with Gasteiger partial charge in [-0.15, -0.1) is 0 Å². The molecule has 2 aromatic rings. The SMILES string of the molecule is COc1ccc(C[C@H]2CN(C(=O)c3ccccn3)CC[C@@H]2OC)cc1. The minimum atomic E-state index is -0.00474. The zero-order valence-corrected chi connectivity index (χ0v) is 14.7. The molecule has 1 saturated heterocycles. The van der Waals surface area contributed by atoms with Crippen molar-refractivity contribution in [2.45, 2.75) is 18.9 Å². The van der Waals surface area contributed by atoms with Crippen molar-refractivity contribution in [2.24, 2.45) is 5.92 Å². The normalized spacial score (nSPS) is 20.3. The number of piperidine rings is 1. The lowest BCUT2D eigenvalue weighted by Crippen LogP contribution is -2.47. The van der Waals surface area contributed by atoms with Gasteiger partial charge in [0.1, 0.15) is 11.4 Å². The molecule has 1 aliphatic heterocycles. The summed E-state index contributed by atoms with van der Waals surface area (Å²) >= 11 is 0. The highest BCUT2D eigenvalue weighted by Gasteiger charge is 2.32. The molecule has 0 aliphatic carbocycles. The van der Waals surface area contributed by atoms with E-state index in [1.807, 2.05) is 29.2 Å². The monoisotopic (exact) mass is 340 g/mol. The predicted octanol–water partition coefficient (Wildman–Crippen LogP) is 2.81. The van der Waals surface area contributed by atoms with E-state index in [0.717, 1.165) is 18.6 Å². The molecule has 0 saturated carbocycles. The summed E-state index contributed by atoms with van der Waals surface area (Å²) in [7, 11) is 3.42. The fraction of sp³-hybridized carbons (Fsp3) is 0.400. The largest absolute Gasteiger partial charge is 0.497 e. The summed E-state index contributed by atoms with van der Waals surface area (Å²) in [5.74, 6) is 1.11. The van der Waals surface area contributed by atoms with Crippen molar-refractivity contribution in [1.82, 2.24) is 9.88 Å². The Morgan fingerprint density at radius 1 is 1.20 bits per heavy atom. The third-order valence-electron chi connectivity index (χ3n) is 4.80. The number of carbonyl (C=O) groups excluding carboxylic acids is 1. The van der Waals surface area contributed by atoms with E-state index in [2.05, 4.69) is 17.1 Å². The number of nitrogens with zero attached hydrogens (tertiary/aromatic N) is 2. The second kappa shape index (κ2) is 8.12. The zero-order chi connectivity index (χ0) is 17.6. The first-order valence-electron chi connectivity index (χ1n) is 8.57. The Kier molecular flexibility index (Phi) is 5.66. The average molecular weight is 340 g/mol. The van der Waals surface area contributed by atoms with Gasteiger partial charge in [0.2, 0.25) is 0 Å². The van der Waals surface area contributed by atoms with Gasteiger partial charge in [0.25, 0.3) is 5.91 Å². The molecule has 5 nitrogen and oxygen atoms in total. The molecule has 1 aromatic carbocycles. The molecule has 3 rings (SSSR count). The van der Waals surface area contributed by atoms with Crippen LogP contribution in [0.15, 0.2) is 48.7 Å². The van der Waals surface area contributed by atoms with Gasteiger partial charge in [0, 0.05) is 32.3 Å². The van der Waals surface area contributed by atoms with Crippen molar-refractivity contribution in [3.05, 3.63) is 59.9 Å². The van der Waals surface area contributed by atoms with Gasteiger partial charge in [0.15, 0.2) is 0 Å². The molecule has 25 heavy (non-hydrogen) atoms. The van der Waals surface area contributed by atoms with Crippen LogP contribution in [0.5, 0.6) is 5.75 Å². The van der Waals surface area contributed by atoms with E-state index in [0.29, 0.717) is 18.8 Å². The number of benzene rings is 1. The molecular formula is C20H24N2O3. The van der Waals surface area contributed by atoms with Crippen LogP contribution in [-0.4, -0.2) is 49.2 Å². The summed E-state index contributed by atoms with van der Waals surface area (Å²) in [5.41, 5.74) is 1.72. The molecule has 0 unspecified atom stereocenters. The number of carbonyl (C=O) groups is 1. The van der Waals surface area contributed by atoms with Gasteiger partial charge >= 0.3 is 0 Å². The minimum Gasteiger partial charge on any atom is -0.497 e. The van der Waals surface area contributed by atoms with Crippen molar-refractivity contribution < 1.29 is 14.3 Å². The summed E-state index contributed by atoms with van der Waals surface area (Å²) in [6, 6.07) is 13.5. The maximum Gasteiger partial charge on any atom is 0.272 e. The number of hydrogen-bond acceptors (Lipinski definition) is 4. The predicted molar refractivity (Wildman–Crippen MR) is 95.7 cm³/mol. The van der Waals surface area contributed by atoms with E-state index in [1.165, 1.54) is 5.56 Å². The van der Waals surface area contributed by atoms with Crippen LogP contribution in [0.2, 0.25) is 0 Å². The smallest absolute Gasteiger partial charge is 0.272 e. The highest BCUT2D eigenvalue weighted by atomic mass is 16.5. The third kappa shape index (κ3) is 4.17. The molecule has 2 atom stereocenters. The molecule has 0 N–H and O–H groups in total. The standard InChI is InChI=1S/C20H24N2O3/c1-24-17-8-6-15(7-9-17)13-16-14-22(12-10-19(16)25-2)20(23)18-5-3-4-11-21-18/h3-9,11,16,19H,10,12-14H2,1-2H3/t16-,19-/m0/s1. The van der Waals surface area contributed by atoms with E-state index in [9.17, 15) is 4.79 Å². The van der Waals surface area contributed by atoms with Crippen LogP contribution in [0.4, 0.5) is 0 Å². The number of likely N-dealkylation sites (tertiary alicyclic amines) is 1. The lowest BCUT2D eigenvalue weighted by Gasteiger charge is -2.38. The molecule has 132 valence electrons. The van der Waals surface area contributed by atoms with Gasteiger partial charge in [-0.1, -0.05) is 18.2 Å². The maximum atomic E-state index is 12.7. The Morgan fingerprint density at radius 2 is 2.00 bits per heavy atom.